The maximum Gasteiger partial charge on any atom is 0.407 e. The number of benzene rings is 1. The van der Waals surface area contributed by atoms with Crippen molar-refractivity contribution in [3.05, 3.63) is 35.9 Å². The number of amides is 1. The van der Waals surface area contributed by atoms with Gasteiger partial charge in [-0.05, 0) is 62.3 Å². The predicted octanol–water partition coefficient (Wildman–Crippen LogP) is 3.90. The summed E-state index contributed by atoms with van der Waals surface area (Å²) in [6.07, 6.45) is 5.60. The number of carbonyl (C=O) groups excluding carboxylic acids is 1. The Bertz CT molecular complexity index is 572. The van der Waals surface area contributed by atoms with Crippen LogP contribution in [0.15, 0.2) is 30.3 Å². The third-order valence-corrected chi connectivity index (χ3v) is 6.16. The monoisotopic (exact) mass is 329 g/mol. The second-order valence-electron chi connectivity index (χ2n) is 7.82. The molecule has 3 unspecified atom stereocenters. The van der Waals surface area contributed by atoms with E-state index in [1.54, 1.807) is 0 Å². The average molecular weight is 329 g/mol. The molecule has 4 heteroatoms. The number of rotatable bonds is 5. The Balaban J connectivity index is 1.35. The van der Waals surface area contributed by atoms with Crippen LogP contribution in [-0.4, -0.2) is 24.3 Å². The van der Waals surface area contributed by atoms with Gasteiger partial charge in [0.15, 0.2) is 0 Å². The first-order valence-corrected chi connectivity index (χ1v) is 9.28. The molecule has 4 bridgehead atoms. The molecular formula is C20H27NO3. The van der Waals surface area contributed by atoms with Crippen LogP contribution in [0.2, 0.25) is 0 Å². The van der Waals surface area contributed by atoms with E-state index in [0.717, 1.165) is 30.9 Å². The minimum atomic E-state index is -0.276. The van der Waals surface area contributed by atoms with Gasteiger partial charge >= 0.3 is 6.09 Å². The van der Waals surface area contributed by atoms with E-state index in [-0.39, 0.29) is 17.7 Å². The summed E-state index contributed by atoms with van der Waals surface area (Å²) in [5, 5.41) is 3.17. The highest BCUT2D eigenvalue weighted by Gasteiger charge is 2.56. The van der Waals surface area contributed by atoms with Crippen molar-refractivity contribution in [3.8, 4) is 0 Å². The maximum absolute atomic E-state index is 12.2. The van der Waals surface area contributed by atoms with E-state index in [4.69, 9.17) is 9.47 Å². The number of hydrogen-bond acceptors (Lipinski definition) is 3. The molecule has 1 N–H and O–H groups in total. The zero-order valence-electron chi connectivity index (χ0n) is 14.4. The summed E-state index contributed by atoms with van der Waals surface area (Å²) in [5.41, 5.74) is 1.12. The fourth-order valence-corrected chi connectivity index (χ4v) is 5.57. The lowest BCUT2D eigenvalue weighted by Crippen LogP contribution is -2.62. The number of ether oxygens (including phenoxy) is 2. The van der Waals surface area contributed by atoms with Gasteiger partial charge in [-0.15, -0.1) is 0 Å². The number of alkyl carbamates (subject to hydrolysis) is 1. The Morgan fingerprint density at radius 1 is 1.17 bits per heavy atom. The standard InChI is InChI=1S/C20H27NO3/c1-2-24-20-10-15-8-16(11-20)18(17(9-15)12-20)21-19(22)23-13-14-6-4-3-5-7-14/h3-7,15-18H,2,8-13H2,1H3,(H,21,22)/t15?,16-,17+,18?,20?. The quantitative estimate of drug-likeness (QED) is 0.891. The maximum atomic E-state index is 12.2. The minimum Gasteiger partial charge on any atom is -0.445 e. The van der Waals surface area contributed by atoms with Crippen LogP contribution < -0.4 is 5.32 Å². The second kappa shape index (κ2) is 6.40. The predicted molar refractivity (Wildman–Crippen MR) is 91.5 cm³/mol. The zero-order chi connectivity index (χ0) is 16.6. The van der Waals surface area contributed by atoms with E-state index in [1.807, 2.05) is 30.3 Å². The summed E-state index contributed by atoms with van der Waals surface area (Å²) in [6.45, 7) is 3.22. The SMILES string of the molecule is CCOC12CC3C[C@H](C1)C(NC(=O)OCc1ccccc1)[C@@H](C3)C2. The third-order valence-electron chi connectivity index (χ3n) is 6.16. The Labute approximate surface area is 143 Å². The van der Waals surface area contributed by atoms with Gasteiger partial charge in [-0.2, -0.15) is 0 Å². The molecule has 1 amide bonds. The van der Waals surface area contributed by atoms with Gasteiger partial charge in [0.2, 0.25) is 0 Å². The highest BCUT2D eigenvalue weighted by atomic mass is 16.5. The molecular weight excluding hydrogens is 302 g/mol. The molecule has 0 radical (unpaired) electrons. The van der Waals surface area contributed by atoms with Crippen LogP contribution in [0.25, 0.3) is 0 Å². The van der Waals surface area contributed by atoms with Crippen molar-refractivity contribution in [1.82, 2.24) is 5.32 Å². The van der Waals surface area contributed by atoms with Crippen molar-refractivity contribution in [2.45, 2.75) is 57.3 Å². The fourth-order valence-electron chi connectivity index (χ4n) is 5.57. The first kappa shape index (κ1) is 15.9. The van der Waals surface area contributed by atoms with Crippen molar-refractivity contribution in [1.29, 1.82) is 0 Å². The molecule has 0 heterocycles. The Kier molecular flexibility index (Phi) is 4.25. The van der Waals surface area contributed by atoms with E-state index in [2.05, 4.69) is 12.2 Å². The first-order valence-electron chi connectivity index (χ1n) is 9.28. The molecule has 4 aliphatic carbocycles. The third kappa shape index (κ3) is 3.04. The highest BCUT2D eigenvalue weighted by Crippen LogP contribution is 2.57. The molecule has 0 saturated heterocycles. The Morgan fingerprint density at radius 2 is 1.88 bits per heavy atom. The Hall–Kier alpha value is -1.55. The number of hydrogen-bond donors (Lipinski definition) is 1. The largest absolute Gasteiger partial charge is 0.445 e. The molecule has 5 atom stereocenters. The van der Waals surface area contributed by atoms with Gasteiger partial charge in [0.25, 0.3) is 0 Å². The van der Waals surface area contributed by atoms with Gasteiger partial charge in [0.05, 0.1) is 5.60 Å². The molecule has 130 valence electrons. The molecule has 0 spiro atoms. The average Bonchev–Trinajstić information content (AvgIpc) is 2.56. The molecule has 4 nitrogen and oxygen atoms in total. The molecule has 4 aliphatic rings. The summed E-state index contributed by atoms with van der Waals surface area (Å²) < 4.78 is 11.6. The normalized spacial score (nSPS) is 36.5. The lowest BCUT2D eigenvalue weighted by atomic mass is 9.52. The topological polar surface area (TPSA) is 47.6 Å². The van der Waals surface area contributed by atoms with Crippen LogP contribution in [-0.2, 0) is 16.1 Å². The van der Waals surface area contributed by atoms with Gasteiger partial charge in [-0.1, -0.05) is 30.3 Å². The van der Waals surface area contributed by atoms with Crippen LogP contribution in [0.1, 0.15) is 44.6 Å². The van der Waals surface area contributed by atoms with Crippen molar-refractivity contribution in [3.63, 3.8) is 0 Å². The lowest BCUT2D eigenvalue weighted by molar-refractivity contribution is -0.169. The van der Waals surface area contributed by atoms with Crippen molar-refractivity contribution in [2.24, 2.45) is 17.8 Å². The summed E-state index contributed by atoms with van der Waals surface area (Å²) in [4.78, 5) is 12.2. The van der Waals surface area contributed by atoms with Crippen LogP contribution in [0, 0.1) is 17.8 Å². The van der Waals surface area contributed by atoms with Gasteiger partial charge in [0, 0.05) is 12.6 Å². The summed E-state index contributed by atoms with van der Waals surface area (Å²) in [6, 6.07) is 10.1. The number of nitrogens with one attached hydrogen (secondary N) is 1. The molecule has 4 fully saturated rings. The van der Waals surface area contributed by atoms with Gasteiger partial charge < -0.3 is 14.8 Å². The van der Waals surface area contributed by atoms with Crippen molar-refractivity contribution < 1.29 is 14.3 Å². The van der Waals surface area contributed by atoms with E-state index in [1.165, 1.54) is 19.3 Å². The fraction of sp³-hybridized carbons (Fsp3) is 0.650. The molecule has 0 aromatic heterocycles. The van der Waals surface area contributed by atoms with Crippen LogP contribution >= 0.6 is 0 Å². The van der Waals surface area contributed by atoms with Gasteiger partial charge in [-0.3, -0.25) is 0 Å². The van der Waals surface area contributed by atoms with E-state index >= 15 is 0 Å². The minimum absolute atomic E-state index is 0.0946. The van der Waals surface area contributed by atoms with E-state index < -0.39 is 0 Å². The molecule has 1 aromatic rings. The van der Waals surface area contributed by atoms with Crippen LogP contribution in [0.5, 0.6) is 0 Å². The molecule has 4 saturated carbocycles. The summed E-state index contributed by atoms with van der Waals surface area (Å²) in [7, 11) is 0. The molecule has 24 heavy (non-hydrogen) atoms. The summed E-state index contributed by atoms with van der Waals surface area (Å²) in [5.74, 6) is 1.88. The van der Waals surface area contributed by atoms with Crippen molar-refractivity contribution >= 4 is 6.09 Å². The van der Waals surface area contributed by atoms with Gasteiger partial charge in [0.1, 0.15) is 6.61 Å². The molecule has 5 rings (SSSR count). The van der Waals surface area contributed by atoms with E-state index in [0.29, 0.717) is 18.4 Å². The zero-order valence-corrected chi connectivity index (χ0v) is 14.4. The van der Waals surface area contributed by atoms with Crippen molar-refractivity contribution in [2.75, 3.05) is 6.61 Å². The summed E-state index contributed by atoms with van der Waals surface area (Å²) >= 11 is 0. The molecule has 0 aliphatic heterocycles. The van der Waals surface area contributed by atoms with Crippen LogP contribution in [0.4, 0.5) is 4.79 Å². The lowest BCUT2D eigenvalue weighted by Gasteiger charge is -2.59. The number of carbonyl (C=O) groups is 1. The van der Waals surface area contributed by atoms with Gasteiger partial charge in [-0.25, -0.2) is 4.79 Å². The molecule has 1 aromatic carbocycles. The Morgan fingerprint density at radius 3 is 2.54 bits per heavy atom. The second-order valence-corrected chi connectivity index (χ2v) is 7.82. The van der Waals surface area contributed by atoms with E-state index in [9.17, 15) is 4.79 Å². The van der Waals surface area contributed by atoms with Crippen LogP contribution in [0.3, 0.4) is 0 Å². The smallest absolute Gasteiger partial charge is 0.407 e. The first-order chi connectivity index (χ1) is 11.7. The highest BCUT2D eigenvalue weighted by molar-refractivity contribution is 5.67.